The predicted octanol–water partition coefficient (Wildman–Crippen LogP) is 3.10. The van der Waals surface area contributed by atoms with Crippen LogP contribution >= 0.6 is 11.6 Å². The lowest BCUT2D eigenvalue weighted by Crippen LogP contribution is -2.13. The van der Waals surface area contributed by atoms with Crippen molar-refractivity contribution in [2.24, 2.45) is 0 Å². The molecule has 0 aliphatic carbocycles. The lowest BCUT2D eigenvalue weighted by Gasteiger charge is -2.06. The highest BCUT2D eigenvalue weighted by Gasteiger charge is 2.11. The van der Waals surface area contributed by atoms with E-state index in [0.717, 1.165) is 0 Å². The van der Waals surface area contributed by atoms with Gasteiger partial charge in [-0.3, -0.25) is 4.79 Å². The van der Waals surface area contributed by atoms with Crippen molar-refractivity contribution >= 4 is 29.2 Å². The highest BCUT2D eigenvalue weighted by atomic mass is 35.5. The van der Waals surface area contributed by atoms with Crippen molar-refractivity contribution < 1.29 is 14.3 Å². The molecule has 0 saturated carbocycles. The second-order valence-electron chi connectivity index (χ2n) is 3.99. The van der Waals surface area contributed by atoms with Crippen molar-refractivity contribution in [2.45, 2.75) is 6.92 Å². The molecule has 6 heteroatoms. The third-order valence-corrected chi connectivity index (χ3v) is 2.74. The first-order chi connectivity index (χ1) is 9.60. The standard InChI is InChI=1S/C14H13ClN2O3/c1-2-20-14(19)9-4-3-5-11(6-9)17-13(18)12-7-10(15)8-16-12/h3-8,16H,2H2,1H3,(H,17,18). The van der Waals surface area contributed by atoms with E-state index in [0.29, 0.717) is 28.6 Å². The summed E-state index contributed by atoms with van der Waals surface area (Å²) in [4.78, 5) is 26.3. The molecule has 2 N–H and O–H groups in total. The Morgan fingerprint density at radius 2 is 2.15 bits per heavy atom. The molecular formula is C14H13ClN2O3. The van der Waals surface area contributed by atoms with Crippen molar-refractivity contribution in [3.63, 3.8) is 0 Å². The topological polar surface area (TPSA) is 71.2 Å². The molecule has 0 saturated heterocycles. The number of anilines is 1. The zero-order valence-corrected chi connectivity index (χ0v) is 11.5. The first-order valence-corrected chi connectivity index (χ1v) is 6.40. The molecule has 0 unspecified atom stereocenters. The molecule has 1 amide bonds. The Kier molecular flexibility index (Phi) is 4.42. The Balaban J connectivity index is 2.12. The number of benzene rings is 1. The third-order valence-electron chi connectivity index (χ3n) is 2.52. The van der Waals surface area contributed by atoms with Crippen molar-refractivity contribution in [2.75, 3.05) is 11.9 Å². The number of amides is 1. The van der Waals surface area contributed by atoms with E-state index in [2.05, 4.69) is 10.3 Å². The molecule has 2 rings (SSSR count). The van der Waals surface area contributed by atoms with Crippen LogP contribution < -0.4 is 5.32 Å². The summed E-state index contributed by atoms with van der Waals surface area (Å²) < 4.78 is 4.90. The maximum absolute atomic E-state index is 11.9. The van der Waals surface area contributed by atoms with Crippen LogP contribution in [-0.4, -0.2) is 23.5 Å². The van der Waals surface area contributed by atoms with Crippen molar-refractivity contribution in [3.05, 3.63) is 52.8 Å². The van der Waals surface area contributed by atoms with Gasteiger partial charge >= 0.3 is 5.97 Å². The molecule has 1 aromatic heterocycles. The number of rotatable bonds is 4. The second-order valence-corrected chi connectivity index (χ2v) is 4.42. The van der Waals surface area contributed by atoms with Gasteiger partial charge in [0.2, 0.25) is 0 Å². The van der Waals surface area contributed by atoms with Crippen molar-refractivity contribution in [1.82, 2.24) is 4.98 Å². The summed E-state index contributed by atoms with van der Waals surface area (Å²) in [5, 5.41) is 3.13. The number of hydrogen-bond donors (Lipinski definition) is 2. The van der Waals surface area contributed by atoms with Crippen LogP contribution in [0.3, 0.4) is 0 Å². The fraction of sp³-hybridized carbons (Fsp3) is 0.143. The number of H-pyrrole nitrogens is 1. The molecule has 0 aliphatic rings. The van der Waals surface area contributed by atoms with Gasteiger partial charge in [0.1, 0.15) is 5.69 Å². The Morgan fingerprint density at radius 3 is 2.80 bits per heavy atom. The first kappa shape index (κ1) is 14.1. The lowest BCUT2D eigenvalue weighted by atomic mass is 10.2. The lowest BCUT2D eigenvalue weighted by molar-refractivity contribution is 0.0526. The predicted molar refractivity (Wildman–Crippen MR) is 76.2 cm³/mol. The van der Waals surface area contributed by atoms with Crippen molar-refractivity contribution in [1.29, 1.82) is 0 Å². The Morgan fingerprint density at radius 1 is 1.35 bits per heavy atom. The van der Waals surface area contributed by atoms with Crippen LogP contribution in [0.1, 0.15) is 27.8 Å². The average Bonchev–Trinajstić information content (AvgIpc) is 2.86. The molecule has 0 radical (unpaired) electrons. The average molecular weight is 293 g/mol. The molecule has 0 fully saturated rings. The number of nitrogens with one attached hydrogen (secondary N) is 2. The molecule has 0 aliphatic heterocycles. The van der Waals surface area contributed by atoms with Crippen LogP contribution in [0.15, 0.2) is 36.5 Å². The molecule has 1 aromatic carbocycles. The van der Waals surface area contributed by atoms with Gasteiger partial charge in [0.15, 0.2) is 0 Å². The van der Waals surface area contributed by atoms with Gasteiger partial charge in [0.05, 0.1) is 17.2 Å². The normalized spacial score (nSPS) is 10.1. The summed E-state index contributed by atoms with van der Waals surface area (Å²) in [7, 11) is 0. The number of esters is 1. The van der Waals surface area contributed by atoms with Crippen LogP contribution in [0.25, 0.3) is 0 Å². The molecule has 0 bridgehead atoms. The summed E-state index contributed by atoms with van der Waals surface area (Å²) in [6.45, 7) is 2.04. The van der Waals surface area contributed by atoms with E-state index in [4.69, 9.17) is 16.3 Å². The summed E-state index contributed by atoms with van der Waals surface area (Å²) in [6, 6.07) is 8.06. The number of aromatic nitrogens is 1. The number of carbonyl (C=O) groups excluding carboxylic acids is 2. The fourth-order valence-corrected chi connectivity index (χ4v) is 1.80. The third kappa shape index (κ3) is 3.39. The van der Waals surface area contributed by atoms with Crippen LogP contribution in [0, 0.1) is 0 Å². The monoisotopic (exact) mass is 292 g/mol. The van der Waals surface area contributed by atoms with E-state index in [1.54, 1.807) is 31.2 Å². The van der Waals surface area contributed by atoms with Gasteiger partial charge in [-0.2, -0.15) is 0 Å². The van der Waals surface area contributed by atoms with Gasteiger partial charge in [-0.25, -0.2) is 4.79 Å². The summed E-state index contributed by atoms with van der Waals surface area (Å²) in [5.74, 6) is -0.760. The largest absolute Gasteiger partial charge is 0.462 e. The smallest absolute Gasteiger partial charge is 0.338 e. The number of aromatic amines is 1. The zero-order chi connectivity index (χ0) is 14.5. The van der Waals surface area contributed by atoms with E-state index in [-0.39, 0.29) is 5.91 Å². The molecule has 2 aromatic rings. The minimum absolute atomic E-state index is 0.302. The van der Waals surface area contributed by atoms with Gasteiger partial charge in [-0.1, -0.05) is 17.7 Å². The molecule has 20 heavy (non-hydrogen) atoms. The van der Waals surface area contributed by atoms with E-state index in [1.807, 2.05) is 0 Å². The number of ether oxygens (including phenoxy) is 1. The van der Waals surface area contributed by atoms with Crippen LogP contribution in [0.2, 0.25) is 5.02 Å². The van der Waals surface area contributed by atoms with Gasteiger partial charge in [0.25, 0.3) is 5.91 Å². The van der Waals surface area contributed by atoms with Gasteiger partial charge in [-0.05, 0) is 31.2 Å². The van der Waals surface area contributed by atoms with Gasteiger partial charge in [-0.15, -0.1) is 0 Å². The molecule has 1 heterocycles. The van der Waals surface area contributed by atoms with Gasteiger partial charge < -0.3 is 15.0 Å². The van der Waals surface area contributed by atoms with E-state index < -0.39 is 5.97 Å². The minimum Gasteiger partial charge on any atom is -0.462 e. The highest BCUT2D eigenvalue weighted by Crippen LogP contribution is 2.15. The van der Waals surface area contributed by atoms with Gasteiger partial charge in [0, 0.05) is 11.9 Å². The number of hydrogen-bond acceptors (Lipinski definition) is 3. The van der Waals surface area contributed by atoms with E-state index in [1.165, 1.54) is 12.3 Å². The zero-order valence-electron chi connectivity index (χ0n) is 10.8. The van der Waals surface area contributed by atoms with Crippen LogP contribution in [0.5, 0.6) is 0 Å². The van der Waals surface area contributed by atoms with Crippen LogP contribution in [0.4, 0.5) is 5.69 Å². The van der Waals surface area contributed by atoms with E-state index >= 15 is 0 Å². The molecule has 5 nitrogen and oxygen atoms in total. The second kappa shape index (κ2) is 6.25. The Labute approximate surface area is 120 Å². The number of carbonyl (C=O) groups is 2. The molecule has 0 atom stereocenters. The first-order valence-electron chi connectivity index (χ1n) is 6.02. The quantitative estimate of drug-likeness (QED) is 0.851. The maximum Gasteiger partial charge on any atom is 0.338 e. The van der Waals surface area contributed by atoms with E-state index in [9.17, 15) is 9.59 Å². The summed E-state index contributed by atoms with van der Waals surface area (Å²) >= 11 is 5.74. The van der Waals surface area contributed by atoms with Crippen molar-refractivity contribution in [3.8, 4) is 0 Å². The Hall–Kier alpha value is -2.27. The Bertz CT molecular complexity index is 637. The van der Waals surface area contributed by atoms with Crippen LogP contribution in [-0.2, 0) is 4.74 Å². The number of halogens is 1. The maximum atomic E-state index is 11.9. The minimum atomic E-state index is -0.425. The SMILES string of the molecule is CCOC(=O)c1cccc(NC(=O)c2cc(Cl)c[nH]2)c1. The highest BCUT2D eigenvalue weighted by molar-refractivity contribution is 6.31. The molecule has 104 valence electrons. The fourth-order valence-electron chi connectivity index (χ4n) is 1.64. The molecular weight excluding hydrogens is 280 g/mol. The summed E-state index contributed by atoms with van der Waals surface area (Å²) in [6.07, 6.45) is 1.52. The summed E-state index contributed by atoms with van der Waals surface area (Å²) in [5.41, 5.74) is 1.23. The molecule has 0 spiro atoms.